The van der Waals surface area contributed by atoms with Crippen molar-refractivity contribution in [2.45, 2.75) is 33.2 Å². The number of nitrogens with zero attached hydrogens (tertiary/aromatic N) is 2. The van der Waals surface area contributed by atoms with E-state index in [0.717, 1.165) is 29.7 Å². The summed E-state index contributed by atoms with van der Waals surface area (Å²) >= 11 is 0. The van der Waals surface area contributed by atoms with E-state index in [9.17, 15) is 9.59 Å². The molecule has 0 aliphatic carbocycles. The molecule has 0 aliphatic rings. The number of aromatic nitrogens is 1. The Balaban J connectivity index is 1.76. The van der Waals surface area contributed by atoms with Crippen molar-refractivity contribution >= 4 is 22.7 Å². The lowest BCUT2D eigenvalue weighted by Gasteiger charge is -2.27. The molecule has 6 nitrogen and oxygen atoms in total. The van der Waals surface area contributed by atoms with Gasteiger partial charge in [0.05, 0.1) is 13.7 Å². The molecule has 2 aromatic carbocycles. The summed E-state index contributed by atoms with van der Waals surface area (Å²) in [4.78, 5) is 31.9. The Morgan fingerprint density at radius 2 is 1.74 bits per heavy atom. The molecule has 31 heavy (non-hydrogen) atoms. The summed E-state index contributed by atoms with van der Waals surface area (Å²) in [7, 11) is 1.64. The number of hydrogen-bond donors (Lipinski definition) is 1. The minimum absolute atomic E-state index is 0.0423. The van der Waals surface area contributed by atoms with Gasteiger partial charge in [-0.05, 0) is 42.2 Å². The van der Waals surface area contributed by atoms with E-state index in [1.807, 2.05) is 54.4 Å². The number of methoxy groups -OCH3 is 1. The first-order valence-corrected chi connectivity index (χ1v) is 10.7. The maximum absolute atomic E-state index is 13.2. The quantitative estimate of drug-likeness (QED) is 0.538. The molecule has 0 aliphatic heterocycles. The number of fused-ring (bicyclic) bond motifs is 1. The van der Waals surface area contributed by atoms with E-state index in [2.05, 4.69) is 17.1 Å². The Labute approximate surface area is 183 Å². The number of amides is 2. The molecule has 2 amide bonds. The lowest BCUT2D eigenvalue weighted by atomic mass is 10.1. The van der Waals surface area contributed by atoms with Gasteiger partial charge in [0.25, 0.3) is 0 Å². The lowest BCUT2D eigenvalue weighted by Crippen LogP contribution is -2.43. The summed E-state index contributed by atoms with van der Waals surface area (Å²) in [5.74, 6) is 0.668. The number of ether oxygens (including phenoxy) is 1. The summed E-state index contributed by atoms with van der Waals surface area (Å²) in [5, 5.41) is 1.18. The maximum Gasteiger partial charge on any atom is 0.242 e. The van der Waals surface area contributed by atoms with Crippen LogP contribution in [0.1, 0.15) is 31.4 Å². The number of H-pyrrole nitrogens is 1. The number of carbonyl (C=O) groups excluding carboxylic acids is 2. The average Bonchev–Trinajstić information content (AvgIpc) is 3.19. The molecular formula is C25H31N3O3. The second-order valence-electron chi connectivity index (χ2n) is 7.71. The molecule has 6 heteroatoms. The summed E-state index contributed by atoms with van der Waals surface area (Å²) in [6, 6.07) is 15.9. The molecule has 0 saturated carbocycles. The molecule has 0 radical (unpaired) electrons. The van der Waals surface area contributed by atoms with E-state index < -0.39 is 0 Å². The Morgan fingerprint density at radius 1 is 1.00 bits per heavy atom. The summed E-state index contributed by atoms with van der Waals surface area (Å²) < 4.78 is 5.24. The number of para-hydroxylation sites is 1. The predicted octanol–water partition coefficient (Wildman–Crippen LogP) is 4.01. The van der Waals surface area contributed by atoms with Crippen LogP contribution in [0.15, 0.2) is 54.7 Å². The number of carbonyl (C=O) groups is 2. The van der Waals surface area contributed by atoms with E-state index in [1.165, 1.54) is 17.9 Å². The van der Waals surface area contributed by atoms with Gasteiger partial charge in [-0.25, -0.2) is 0 Å². The van der Waals surface area contributed by atoms with E-state index in [4.69, 9.17) is 4.74 Å². The zero-order chi connectivity index (χ0) is 22.2. The fourth-order valence-electron chi connectivity index (χ4n) is 3.72. The van der Waals surface area contributed by atoms with E-state index >= 15 is 0 Å². The van der Waals surface area contributed by atoms with Crippen LogP contribution in [0.25, 0.3) is 10.9 Å². The van der Waals surface area contributed by atoms with Crippen LogP contribution in [-0.4, -0.2) is 53.3 Å². The van der Waals surface area contributed by atoms with Crippen LogP contribution in [0.2, 0.25) is 0 Å². The lowest BCUT2D eigenvalue weighted by molar-refractivity contribution is -0.139. The molecule has 0 spiro atoms. The Bertz CT molecular complexity index is 1010. The molecule has 164 valence electrons. The first-order valence-electron chi connectivity index (χ1n) is 10.7. The third-order valence-corrected chi connectivity index (χ3v) is 5.48. The van der Waals surface area contributed by atoms with Gasteiger partial charge in [-0.2, -0.15) is 0 Å². The second-order valence-corrected chi connectivity index (χ2v) is 7.71. The molecule has 1 N–H and O–H groups in total. The maximum atomic E-state index is 13.2. The minimum atomic E-state index is -0.0729. The molecule has 0 atom stereocenters. The molecule has 0 unspecified atom stereocenters. The first kappa shape index (κ1) is 22.4. The van der Waals surface area contributed by atoms with Gasteiger partial charge in [0, 0.05) is 43.7 Å². The fraction of sp³-hybridized carbons (Fsp3) is 0.360. The van der Waals surface area contributed by atoms with Crippen molar-refractivity contribution in [3.05, 3.63) is 65.9 Å². The van der Waals surface area contributed by atoms with Gasteiger partial charge in [0.1, 0.15) is 5.75 Å². The summed E-state index contributed by atoms with van der Waals surface area (Å²) in [6.07, 6.45) is 3.57. The minimum Gasteiger partial charge on any atom is -0.497 e. The van der Waals surface area contributed by atoms with Crippen molar-refractivity contribution < 1.29 is 14.3 Å². The molecule has 1 aromatic heterocycles. The fourth-order valence-corrected chi connectivity index (χ4v) is 3.72. The molecule has 0 saturated heterocycles. The highest BCUT2D eigenvalue weighted by atomic mass is 16.5. The molecule has 0 bridgehead atoms. The van der Waals surface area contributed by atoms with E-state index in [1.54, 1.807) is 12.0 Å². The van der Waals surface area contributed by atoms with Gasteiger partial charge < -0.3 is 19.5 Å². The van der Waals surface area contributed by atoms with Gasteiger partial charge in [0.15, 0.2) is 0 Å². The standard InChI is InChI=1S/C25H31N3O3/c1-4-14-27(19(2)29)18-25(30)28(17-20-9-11-22(31-3)12-10-20)15-13-21-16-26-24-8-6-5-7-23(21)24/h5-12,16,26H,4,13-15,17-18H2,1-3H3. The highest BCUT2D eigenvalue weighted by Crippen LogP contribution is 2.19. The van der Waals surface area contributed by atoms with Crippen molar-refractivity contribution in [3.63, 3.8) is 0 Å². The van der Waals surface area contributed by atoms with Crippen LogP contribution in [0.3, 0.4) is 0 Å². The normalized spacial score (nSPS) is 10.8. The van der Waals surface area contributed by atoms with Crippen LogP contribution in [-0.2, 0) is 22.6 Å². The summed E-state index contributed by atoms with van der Waals surface area (Å²) in [5.41, 5.74) is 3.30. The number of benzene rings is 2. The highest BCUT2D eigenvalue weighted by molar-refractivity contribution is 5.84. The molecule has 1 heterocycles. The van der Waals surface area contributed by atoms with Crippen LogP contribution in [0.5, 0.6) is 5.75 Å². The van der Waals surface area contributed by atoms with Gasteiger partial charge in [-0.1, -0.05) is 37.3 Å². The number of rotatable bonds is 10. The zero-order valence-corrected chi connectivity index (χ0v) is 18.6. The first-order chi connectivity index (χ1) is 15.0. The van der Waals surface area contributed by atoms with E-state index in [-0.39, 0.29) is 18.4 Å². The van der Waals surface area contributed by atoms with Crippen molar-refractivity contribution in [1.82, 2.24) is 14.8 Å². The van der Waals surface area contributed by atoms with Crippen LogP contribution >= 0.6 is 0 Å². The van der Waals surface area contributed by atoms with Crippen molar-refractivity contribution in [2.75, 3.05) is 26.7 Å². The largest absolute Gasteiger partial charge is 0.497 e. The smallest absolute Gasteiger partial charge is 0.242 e. The van der Waals surface area contributed by atoms with Crippen molar-refractivity contribution in [3.8, 4) is 5.75 Å². The van der Waals surface area contributed by atoms with E-state index in [0.29, 0.717) is 19.6 Å². The number of aromatic amines is 1. The Hall–Kier alpha value is -3.28. The molecule has 3 aromatic rings. The SMILES string of the molecule is CCCN(CC(=O)N(CCc1c[nH]c2ccccc12)Cc1ccc(OC)cc1)C(C)=O. The third-order valence-electron chi connectivity index (χ3n) is 5.48. The topological polar surface area (TPSA) is 65.6 Å². The Morgan fingerprint density at radius 3 is 2.42 bits per heavy atom. The predicted molar refractivity (Wildman–Crippen MR) is 123 cm³/mol. The van der Waals surface area contributed by atoms with Crippen molar-refractivity contribution in [2.24, 2.45) is 0 Å². The third kappa shape index (κ3) is 5.87. The Kier molecular flexibility index (Phi) is 7.70. The van der Waals surface area contributed by atoms with Crippen molar-refractivity contribution in [1.29, 1.82) is 0 Å². The number of hydrogen-bond acceptors (Lipinski definition) is 3. The van der Waals surface area contributed by atoms with Crippen LogP contribution in [0, 0.1) is 0 Å². The zero-order valence-electron chi connectivity index (χ0n) is 18.6. The van der Waals surface area contributed by atoms with Gasteiger partial charge in [-0.15, -0.1) is 0 Å². The molecular weight excluding hydrogens is 390 g/mol. The van der Waals surface area contributed by atoms with Gasteiger partial charge >= 0.3 is 0 Å². The van der Waals surface area contributed by atoms with Gasteiger partial charge in [-0.3, -0.25) is 9.59 Å². The monoisotopic (exact) mass is 421 g/mol. The molecule has 3 rings (SSSR count). The summed E-state index contributed by atoms with van der Waals surface area (Å²) in [6.45, 7) is 5.27. The number of nitrogens with one attached hydrogen (secondary N) is 1. The second kappa shape index (κ2) is 10.7. The van der Waals surface area contributed by atoms with Gasteiger partial charge in [0.2, 0.25) is 11.8 Å². The molecule has 0 fully saturated rings. The highest BCUT2D eigenvalue weighted by Gasteiger charge is 2.19. The van der Waals surface area contributed by atoms with Crippen LogP contribution in [0.4, 0.5) is 0 Å². The van der Waals surface area contributed by atoms with Crippen LogP contribution < -0.4 is 4.74 Å². The average molecular weight is 422 g/mol.